The highest BCUT2D eigenvalue weighted by atomic mass is 32.1. The lowest BCUT2D eigenvalue weighted by Gasteiger charge is -2.28. The number of hydrogen-bond donors (Lipinski definition) is 1. The van der Waals surface area contributed by atoms with E-state index in [-0.39, 0.29) is 0 Å². The maximum absolute atomic E-state index is 5.43. The van der Waals surface area contributed by atoms with Crippen LogP contribution in [0.25, 0.3) is 0 Å². The number of nitrogens with one attached hydrogen (secondary N) is 1. The van der Waals surface area contributed by atoms with Crippen molar-refractivity contribution in [3.63, 3.8) is 0 Å². The maximum Gasteiger partial charge on any atom is 0.205 e. The predicted molar refractivity (Wildman–Crippen MR) is 70.7 cm³/mol. The summed E-state index contributed by atoms with van der Waals surface area (Å²) in [6.45, 7) is 4.29. The third-order valence-corrected chi connectivity index (χ3v) is 4.38. The first kappa shape index (κ1) is 12.8. The van der Waals surface area contributed by atoms with E-state index < -0.39 is 0 Å². The van der Waals surface area contributed by atoms with Crippen molar-refractivity contribution in [2.45, 2.75) is 57.6 Å². The van der Waals surface area contributed by atoms with E-state index in [9.17, 15) is 0 Å². The highest BCUT2D eigenvalue weighted by Crippen LogP contribution is 2.27. The van der Waals surface area contributed by atoms with Gasteiger partial charge in [0, 0.05) is 19.1 Å². The van der Waals surface area contributed by atoms with Gasteiger partial charge in [-0.05, 0) is 25.7 Å². The molecule has 2 rings (SSSR count). The van der Waals surface area contributed by atoms with Gasteiger partial charge in [0.1, 0.15) is 5.01 Å². The summed E-state index contributed by atoms with van der Waals surface area (Å²) in [7, 11) is 1.80. The van der Waals surface area contributed by atoms with Crippen LogP contribution in [0.4, 0.5) is 5.13 Å². The second-order valence-corrected chi connectivity index (χ2v) is 5.97. The summed E-state index contributed by atoms with van der Waals surface area (Å²) in [5.41, 5.74) is 0. The minimum absolute atomic E-state index is 0.402. The van der Waals surface area contributed by atoms with Gasteiger partial charge in [0.2, 0.25) is 5.13 Å². The second-order valence-electron chi connectivity index (χ2n) is 4.97. The fourth-order valence-corrected chi connectivity index (χ4v) is 3.01. The molecule has 4 nitrogen and oxygen atoms in total. The molecule has 1 aromatic heterocycles. The largest absolute Gasteiger partial charge is 0.381 e. The van der Waals surface area contributed by atoms with Crippen LogP contribution in [-0.2, 0) is 4.74 Å². The SMILES string of the molecule is COC1CCCC(Nc2nnc(C(C)C)s2)C1. The molecule has 2 unspecified atom stereocenters. The molecule has 17 heavy (non-hydrogen) atoms. The Bertz CT molecular complexity index is 353. The Morgan fingerprint density at radius 2 is 2.18 bits per heavy atom. The van der Waals surface area contributed by atoms with Crippen LogP contribution in [0.5, 0.6) is 0 Å². The number of hydrogen-bond acceptors (Lipinski definition) is 5. The van der Waals surface area contributed by atoms with Gasteiger partial charge in [-0.2, -0.15) is 0 Å². The molecular weight excluding hydrogens is 234 g/mol. The van der Waals surface area contributed by atoms with Crippen molar-refractivity contribution >= 4 is 16.5 Å². The average Bonchev–Trinajstić information content (AvgIpc) is 2.78. The molecule has 1 aromatic rings. The number of aromatic nitrogens is 2. The maximum atomic E-state index is 5.43. The van der Waals surface area contributed by atoms with E-state index in [0.717, 1.165) is 16.6 Å². The Labute approximate surface area is 107 Å². The van der Waals surface area contributed by atoms with E-state index in [1.54, 1.807) is 18.4 Å². The standard InChI is InChI=1S/C12H21N3OS/c1-8(2)11-14-15-12(17-11)13-9-5-4-6-10(7-9)16-3/h8-10H,4-7H2,1-3H3,(H,13,15). The van der Waals surface area contributed by atoms with Crippen LogP contribution in [0.15, 0.2) is 0 Å². The van der Waals surface area contributed by atoms with Gasteiger partial charge in [0.15, 0.2) is 0 Å². The van der Waals surface area contributed by atoms with Gasteiger partial charge in [-0.15, -0.1) is 10.2 Å². The summed E-state index contributed by atoms with van der Waals surface area (Å²) in [5, 5.41) is 13.9. The van der Waals surface area contributed by atoms with Gasteiger partial charge in [-0.25, -0.2) is 0 Å². The topological polar surface area (TPSA) is 47.0 Å². The van der Waals surface area contributed by atoms with Crippen molar-refractivity contribution < 1.29 is 4.74 Å². The summed E-state index contributed by atoms with van der Waals surface area (Å²) < 4.78 is 5.43. The van der Waals surface area contributed by atoms with E-state index in [1.165, 1.54) is 19.3 Å². The first-order valence-corrected chi connectivity index (χ1v) is 7.13. The predicted octanol–water partition coefficient (Wildman–Crippen LogP) is 3.03. The lowest BCUT2D eigenvalue weighted by Crippen LogP contribution is -2.30. The first-order chi connectivity index (χ1) is 8.19. The molecule has 0 amide bonds. The summed E-state index contributed by atoms with van der Waals surface area (Å²) in [6, 6.07) is 0.488. The molecule has 0 aromatic carbocycles. The molecule has 0 aliphatic heterocycles. The third kappa shape index (κ3) is 3.39. The lowest BCUT2D eigenvalue weighted by molar-refractivity contribution is 0.0669. The van der Waals surface area contributed by atoms with E-state index in [0.29, 0.717) is 18.1 Å². The Balaban J connectivity index is 1.91. The van der Waals surface area contributed by atoms with Crippen LogP contribution in [0, 0.1) is 0 Å². The first-order valence-electron chi connectivity index (χ1n) is 6.31. The Morgan fingerprint density at radius 1 is 1.35 bits per heavy atom. The molecule has 1 fully saturated rings. The normalized spacial score (nSPS) is 25.2. The summed E-state index contributed by atoms with van der Waals surface area (Å²) in [5.74, 6) is 0.459. The average molecular weight is 255 g/mol. The van der Waals surface area contributed by atoms with Crippen LogP contribution in [-0.4, -0.2) is 29.5 Å². The lowest BCUT2D eigenvalue weighted by atomic mass is 9.93. The number of anilines is 1. The van der Waals surface area contributed by atoms with E-state index in [4.69, 9.17) is 4.74 Å². The van der Waals surface area contributed by atoms with Crippen molar-refractivity contribution in [1.29, 1.82) is 0 Å². The van der Waals surface area contributed by atoms with Crippen LogP contribution in [0.3, 0.4) is 0 Å². The van der Waals surface area contributed by atoms with Crippen molar-refractivity contribution in [2.75, 3.05) is 12.4 Å². The zero-order valence-corrected chi connectivity index (χ0v) is 11.6. The van der Waals surface area contributed by atoms with Crippen LogP contribution in [0.2, 0.25) is 0 Å². The van der Waals surface area contributed by atoms with Crippen molar-refractivity contribution in [1.82, 2.24) is 10.2 Å². The molecule has 96 valence electrons. The van der Waals surface area contributed by atoms with E-state index >= 15 is 0 Å². The Morgan fingerprint density at radius 3 is 2.82 bits per heavy atom. The fourth-order valence-electron chi connectivity index (χ4n) is 2.19. The molecule has 1 N–H and O–H groups in total. The quantitative estimate of drug-likeness (QED) is 0.898. The Hall–Kier alpha value is -0.680. The number of ether oxygens (including phenoxy) is 1. The molecule has 0 radical (unpaired) electrons. The highest BCUT2D eigenvalue weighted by molar-refractivity contribution is 7.15. The zero-order chi connectivity index (χ0) is 12.3. The van der Waals surface area contributed by atoms with E-state index in [2.05, 4.69) is 29.4 Å². The smallest absolute Gasteiger partial charge is 0.205 e. The molecular formula is C12H21N3OS. The minimum Gasteiger partial charge on any atom is -0.381 e. The molecule has 2 atom stereocenters. The van der Waals surface area contributed by atoms with Gasteiger partial charge in [0.25, 0.3) is 0 Å². The van der Waals surface area contributed by atoms with Crippen LogP contribution < -0.4 is 5.32 Å². The van der Waals surface area contributed by atoms with Crippen molar-refractivity contribution in [3.8, 4) is 0 Å². The molecule has 0 spiro atoms. The summed E-state index contributed by atoms with van der Waals surface area (Å²) >= 11 is 1.67. The Kier molecular flexibility index (Phi) is 4.34. The minimum atomic E-state index is 0.402. The van der Waals surface area contributed by atoms with Gasteiger partial charge in [-0.3, -0.25) is 0 Å². The summed E-state index contributed by atoms with van der Waals surface area (Å²) in [6.07, 6.45) is 5.09. The van der Waals surface area contributed by atoms with E-state index in [1.807, 2.05) is 0 Å². The van der Waals surface area contributed by atoms with Gasteiger partial charge < -0.3 is 10.1 Å². The number of nitrogens with zero attached hydrogens (tertiary/aromatic N) is 2. The molecule has 1 saturated carbocycles. The van der Waals surface area contributed by atoms with Crippen LogP contribution >= 0.6 is 11.3 Å². The second kappa shape index (κ2) is 5.78. The number of methoxy groups -OCH3 is 1. The van der Waals surface area contributed by atoms with Gasteiger partial charge in [-0.1, -0.05) is 25.2 Å². The molecule has 0 bridgehead atoms. The fraction of sp³-hybridized carbons (Fsp3) is 0.833. The summed E-state index contributed by atoms with van der Waals surface area (Å²) in [4.78, 5) is 0. The molecule has 1 heterocycles. The zero-order valence-electron chi connectivity index (χ0n) is 10.8. The highest BCUT2D eigenvalue weighted by Gasteiger charge is 2.22. The molecule has 1 aliphatic rings. The van der Waals surface area contributed by atoms with Gasteiger partial charge in [0.05, 0.1) is 6.10 Å². The monoisotopic (exact) mass is 255 g/mol. The molecule has 5 heteroatoms. The third-order valence-electron chi connectivity index (χ3n) is 3.22. The van der Waals surface area contributed by atoms with Crippen LogP contribution in [0.1, 0.15) is 50.5 Å². The molecule has 0 saturated heterocycles. The van der Waals surface area contributed by atoms with Gasteiger partial charge >= 0.3 is 0 Å². The van der Waals surface area contributed by atoms with Crippen molar-refractivity contribution in [2.24, 2.45) is 0 Å². The number of rotatable bonds is 4. The van der Waals surface area contributed by atoms with Crippen molar-refractivity contribution in [3.05, 3.63) is 5.01 Å². The molecule has 1 aliphatic carbocycles.